The molecular formula is C45H88N2O6P+. The number of quaternary nitrogens is 1. The Bertz CT molecular complexity index is 980. The first-order valence-corrected chi connectivity index (χ1v) is 23.9. The number of aliphatic hydroxyl groups is 1. The van der Waals surface area contributed by atoms with Crippen LogP contribution in [0.15, 0.2) is 36.5 Å². The lowest BCUT2D eigenvalue weighted by Crippen LogP contribution is -2.45. The number of carbonyl (C=O) groups excluding carboxylic acids is 1. The van der Waals surface area contributed by atoms with Crippen LogP contribution in [-0.2, 0) is 18.4 Å². The van der Waals surface area contributed by atoms with Gasteiger partial charge in [0, 0.05) is 6.42 Å². The van der Waals surface area contributed by atoms with Gasteiger partial charge in [0.2, 0.25) is 5.91 Å². The number of nitrogens with one attached hydrogen (secondary N) is 1. The highest BCUT2D eigenvalue weighted by atomic mass is 31.2. The molecule has 3 unspecified atom stereocenters. The monoisotopic (exact) mass is 784 g/mol. The van der Waals surface area contributed by atoms with Crippen LogP contribution in [0.5, 0.6) is 0 Å². The number of unbranched alkanes of at least 4 members (excludes halogenated alkanes) is 23. The molecule has 0 aromatic carbocycles. The molecule has 0 bridgehead atoms. The van der Waals surface area contributed by atoms with Crippen LogP contribution in [0.25, 0.3) is 0 Å². The minimum absolute atomic E-state index is 0.0584. The smallest absolute Gasteiger partial charge is 0.387 e. The number of hydrogen-bond acceptors (Lipinski definition) is 5. The Hall–Kier alpha value is -1.28. The number of phosphoric ester groups is 1. The molecule has 9 heteroatoms. The summed E-state index contributed by atoms with van der Waals surface area (Å²) in [6.07, 6.45) is 44.9. The van der Waals surface area contributed by atoms with Gasteiger partial charge in [-0.3, -0.25) is 13.8 Å². The second-order valence-corrected chi connectivity index (χ2v) is 17.9. The maximum atomic E-state index is 12.9. The molecule has 1 amide bonds. The molecule has 0 heterocycles. The minimum Gasteiger partial charge on any atom is -0.387 e. The fourth-order valence-corrected chi connectivity index (χ4v) is 6.98. The molecule has 0 spiro atoms. The van der Waals surface area contributed by atoms with Gasteiger partial charge in [-0.25, -0.2) is 4.57 Å². The molecule has 0 radical (unpaired) electrons. The number of phosphoric acid groups is 1. The third-order valence-corrected chi connectivity index (χ3v) is 10.8. The van der Waals surface area contributed by atoms with Crippen molar-refractivity contribution in [2.75, 3.05) is 40.9 Å². The first-order chi connectivity index (χ1) is 26.0. The topological polar surface area (TPSA) is 105 Å². The van der Waals surface area contributed by atoms with Gasteiger partial charge in [-0.05, 0) is 51.4 Å². The van der Waals surface area contributed by atoms with Crippen molar-refractivity contribution in [2.45, 2.75) is 206 Å². The van der Waals surface area contributed by atoms with Crippen LogP contribution < -0.4 is 5.32 Å². The summed E-state index contributed by atoms with van der Waals surface area (Å²) in [6.45, 7) is 4.78. The Kier molecular flexibility index (Phi) is 36.4. The number of hydrogen-bond donors (Lipinski definition) is 3. The lowest BCUT2D eigenvalue weighted by atomic mass is 10.0. The van der Waals surface area contributed by atoms with E-state index in [1.165, 1.54) is 109 Å². The summed E-state index contributed by atoms with van der Waals surface area (Å²) in [5, 5.41) is 13.8. The summed E-state index contributed by atoms with van der Waals surface area (Å²) >= 11 is 0. The van der Waals surface area contributed by atoms with Crippen LogP contribution in [0.3, 0.4) is 0 Å². The van der Waals surface area contributed by atoms with Gasteiger partial charge >= 0.3 is 7.82 Å². The van der Waals surface area contributed by atoms with E-state index in [1.54, 1.807) is 6.08 Å². The van der Waals surface area contributed by atoms with E-state index in [2.05, 4.69) is 43.5 Å². The van der Waals surface area contributed by atoms with Crippen LogP contribution in [-0.4, -0.2) is 73.4 Å². The molecule has 3 N–H and O–H groups in total. The number of amides is 1. The van der Waals surface area contributed by atoms with Crippen molar-refractivity contribution in [1.29, 1.82) is 0 Å². The molecular weight excluding hydrogens is 695 g/mol. The summed E-state index contributed by atoms with van der Waals surface area (Å²) in [4.78, 5) is 23.1. The molecule has 0 aliphatic rings. The van der Waals surface area contributed by atoms with E-state index in [4.69, 9.17) is 9.05 Å². The average Bonchev–Trinajstić information content (AvgIpc) is 3.12. The van der Waals surface area contributed by atoms with E-state index in [9.17, 15) is 19.4 Å². The minimum atomic E-state index is -4.34. The number of nitrogens with zero attached hydrogens (tertiary/aromatic N) is 1. The number of aliphatic hydroxyl groups excluding tert-OH is 1. The summed E-state index contributed by atoms with van der Waals surface area (Å²) in [5.74, 6) is -0.192. The third-order valence-electron chi connectivity index (χ3n) is 9.85. The first kappa shape index (κ1) is 52.7. The van der Waals surface area contributed by atoms with E-state index < -0.39 is 20.0 Å². The Morgan fingerprint density at radius 1 is 0.630 bits per heavy atom. The van der Waals surface area contributed by atoms with Gasteiger partial charge < -0.3 is 19.8 Å². The Labute approximate surface area is 334 Å². The summed E-state index contributed by atoms with van der Waals surface area (Å²) in [6, 6.07) is -0.852. The van der Waals surface area contributed by atoms with E-state index in [0.717, 1.165) is 64.2 Å². The van der Waals surface area contributed by atoms with Crippen molar-refractivity contribution >= 4 is 13.7 Å². The molecule has 3 atom stereocenters. The molecule has 0 saturated heterocycles. The van der Waals surface area contributed by atoms with Crippen LogP contribution in [0.1, 0.15) is 194 Å². The largest absolute Gasteiger partial charge is 0.472 e. The molecule has 0 aliphatic heterocycles. The molecule has 0 aromatic rings. The fraction of sp³-hybridized carbons (Fsp3) is 0.844. The lowest BCUT2D eigenvalue weighted by molar-refractivity contribution is -0.870. The van der Waals surface area contributed by atoms with Crippen molar-refractivity contribution in [3.63, 3.8) is 0 Å². The zero-order valence-electron chi connectivity index (χ0n) is 36.0. The molecule has 0 saturated carbocycles. The second-order valence-electron chi connectivity index (χ2n) is 16.4. The molecule has 54 heavy (non-hydrogen) atoms. The molecule has 318 valence electrons. The highest BCUT2D eigenvalue weighted by Gasteiger charge is 2.27. The highest BCUT2D eigenvalue weighted by Crippen LogP contribution is 2.43. The summed E-state index contributed by atoms with van der Waals surface area (Å²) in [5.41, 5.74) is 0. The first-order valence-electron chi connectivity index (χ1n) is 22.4. The van der Waals surface area contributed by atoms with E-state index in [-0.39, 0.29) is 19.1 Å². The predicted octanol–water partition coefficient (Wildman–Crippen LogP) is 12.3. The number of carbonyl (C=O) groups is 1. The zero-order chi connectivity index (χ0) is 40.0. The molecule has 0 aliphatic carbocycles. The standard InChI is InChI=1S/C45H87N2O6P/c1-6-8-10-12-14-16-18-20-22-24-26-28-30-32-34-36-38-44(48)43(42-53-54(50,51)52-41-40-47(3,4)5)46-45(49)39-37-35-33-31-29-27-25-23-21-19-17-15-13-11-9-7-2/h17,19,23,25,36,38,43-44,48H,6-16,18,20-22,24,26-35,37,39-42H2,1-5H3,(H-,46,49,50,51)/p+1/b19-17-,25-23-,38-36+. The van der Waals surface area contributed by atoms with Gasteiger partial charge in [-0.1, -0.05) is 172 Å². The summed E-state index contributed by atoms with van der Waals surface area (Å²) in [7, 11) is 1.56. The molecule has 8 nitrogen and oxygen atoms in total. The van der Waals surface area contributed by atoms with Gasteiger partial charge in [-0.15, -0.1) is 0 Å². The third kappa shape index (κ3) is 39.0. The molecule has 0 aromatic heterocycles. The lowest BCUT2D eigenvalue weighted by Gasteiger charge is -2.25. The van der Waals surface area contributed by atoms with Crippen molar-refractivity contribution in [3.8, 4) is 0 Å². The Morgan fingerprint density at radius 3 is 1.54 bits per heavy atom. The summed E-state index contributed by atoms with van der Waals surface area (Å²) < 4.78 is 23.5. The van der Waals surface area contributed by atoms with E-state index in [1.807, 2.05) is 27.2 Å². The Morgan fingerprint density at radius 2 is 1.06 bits per heavy atom. The quantitative estimate of drug-likeness (QED) is 0.0247. The molecule has 0 fully saturated rings. The predicted molar refractivity (Wildman–Crippen MR) is 231 cm³/mol. The number of allylic oxidation sites excluding steroid dienone is 5. The van der Waals surface area contributed by atoms with Gasteiger partial charge in [0.1, 0.15) is 13.2 Å². The van der Waals surface area contributed by atoms with E-state index in [0.29, 0.717) is 17.4 Å². The van der Waals surface area contributed by atoms with Crippen molar-refractivity contribution in [1.82, 2.24) is 5.32 Å². The van der Waals surface area contributed by atoms with Crippen LogP contribution in [0.4, 0.5) is 0 Å². The maximum absolute atomic E-state index is 12.9. The fourth-order valence-electron chi connectivity index (χ4n) is 6.25. The van der Waals surface area contributed by atoms with Gasteiger partial charge in [0.05, 0.1) is 39.9 Å². The highest BCUT2D eigenvalue weighted by molar-refractivity contribution is 7.47. The zero-order valence-corrected chi connectivity index (χ0v) is 36.9. The van der Waals surface area contributed by atoms with Crippen LogP contribution in [0, 0.1) is 0 Å². The van der Waals surface area contributed by atoms with Crippen molar-refractivity contribution in [2.24, 2.45) is 0 Å². The maximum Gasteiger partial charge on any atom is 0.472 e. The second kappa shape index (κ2) is 37.3. The van der Waals surface area contributed by atoms with Crippen LogP contribution in [0.2, 0.25) is 0 Å². The molecule has 0 rings (SSSR count). The van der Waals surface area contributed by atoms with Gasteiger partial charge in [0.25, 0.3) is 0 Å². The Balaban J connectivity index is 4.46. The van der Waals surface area contributed by atoms with Gasteiger partial charge in [-0.2, -0.15) is 0 Å². The SMILES string of the molecule is CCCCCC/C=C\C/C=C\CCCCCCCC(=O)NC(COP(=O)(O)OCC[N+](C)(C)C)C(O)/C=C/CCCCCCCCCCCCCCCC. The van der Waals surface area contributed by atoms with Crippen molar-refractivity contribution < 1.29 is 32.9 Å². The van der Waals surface area contributed by atoms with E-state index >= 15 is 0 Å². The van der Waals surface area contributed by atoms with Crippen molar-refractivity contribution in [3.05, 3.63) is 36.5 Å². The number of likely N-dealkylation sites (N-methyl/N-ethyl adjacent to an activating group) is 1. The normalized spacial score (nSPS) is 14.7. The van der Waals surface area contributed by atoms with Gasteiger partial charge in [0.15, 0.2) is 0 Å². The number of rotatable bonds is 40. The van der Waals surface area contributed by atoms with Crippen LogP contribution >= 0.6 is 7.82 Å². The average molecular weight is 784 g/mol.